The van der Waals surface area contributed by atoms with E-state index in [4.69, 9.17) is 0 Å². The van der Waals surface area contributed by atoms with E-state index in [1.807, 2.05) is 6.92 Å². The second-order valence-electron chi connectivity index (χ2n) is 5.40. The third-order valence-electron chi connectivity index (χ3n) is 3.56. The summed E-state index contributed by atoms with van der Waals surface area (Å²) in [6.45, 7) is 1.98. The molecule has 0 amide bonds. The summed E-state index contributed by atoms with van der Waals surface area (Å²) in [5, 5.41) is 4.19. The number of ketones is 1. The fraction of sp³-hybridized carbons (Fsp3) is 0.333. The first-order valence-electron chi connectivity index (χ1n) is 6.80. The first-order chi connectivity index (χ1) is 10.3. The van der Waals surface area contributed by atoms with Crippen molar-refractivity contribution in [2.24, 2.45) is 5.92 Å². The molecule has 7 heteroatoms. The van der Waals surface area contributed by atoms with E-state index in [1.165, 1.54) is 30.5 Å². The molecular weight excluding hydrogens is 297 g/mol. The molecule has 3 rings (SSSR count). The number of fused-ring (bicyclic) bond motifs is 1. The monoisotopic (exact) mass is 310 g/mol. The van der Waals surface area contributed by atoms with Gasteiger partial charge in [-0.2, -0.15) is 5.10 Å². The maximum absolute atomic E-state index is 12.1. The highest BCUT2D eigenvalue weighted by molar-refractivity contribution is 5.98. The molecule has 0 saturated carbocycles. The molecule has 0 unspecified atom stereocenters. The highest BCUT2D eigenvalue weighted by Gasteiger charge is 2.31. The third-order valence-corrected chi connectivity index (χ3v) is 3.56. The quantitative estimate of drug-likeness (QED) is 0.852. The van der Waals surface area contributed by atoms with E-state index in [2.05, 4.69) is 9.84 Å². The fourth-order valence-electron chi connectivity index (χ4n) is 2.64. The Morgan fingerprint density at radius 2 is 1.91 bits per heavy atom. The summed E-state index contributed by atoms with van der Waals surface area (Å²) in [6.07, 6.45) is -1.99. The number of benzene rings is 1. The largest absolute Gasteiger partial charge is 0.573 e. The predicted octanol–water partition coefficient (Wildman–Crippen LogP) is 3.54. The maximum Gasteiger partial charge on any atom is 0.573 e. The van der Waals surface area contributed by atoms with Crippen molar-refractivity contribution < 1.29 is 22.7 Å². The first kappa shape index (κ1) is 14.6. The van der Waals surface area contributed by atoms with Crippen LogP contribution in [0.25, 0.3) is 5.69 Å². The van der Waals surface area contributed by atoms with Gasteiger partial charge in [0.05, 0.1) is 23.1 Å². The predicted molar refractivity (Wildman–Crippen MR) is 72.1 cm³/mol. The lowest BCUT2D eigenvalue weighted by Gasteiger charge is -2.19. The third kappa shape index (κ3) is 2.84. The number of hydrogen-bond acceptors (Lipinski definition) is 3. The number of Topliss-reactive ketones (excluding diaryl/α,β-unsaturated/α-hetero) is 1. The van der Waals surface area contributed by atoms with Gasteiger partial charge in [0.1, 0.15) is 5.75 Å². The molecule has 2 aromatic rings. The van der Waals surface area contributed by atoms with Crippen molar-refractivity contribution in [1.29, 1.82) is 0 Å². The minimum atomic E-state index is -4.71. The van der Waals surface area contributed by atoms with Crippen molar-refractivity contribution in [1.82, 2.24) is 9.78 Å². The van der Waals surface area contributed by atoms with Gasteiger partial charge in [-0.25, -0.2) is 4.68 Å². The standard InChI is InChI=1S/C15H13F3N2O2/c1-9-6-13-12(14(21)7-9)8-19-20(13)10-2-4-11(5-3-10)22-15(16,17)18/h2-5,8-9H,6-7H2,1H3/t9-/m0/s1. The van der Waals surface area contributed by atoms with Crippen LogP contribution in [-0.2, 0) is 6.42 Å². The van der Waals surface area contributed by atoms with Gasteiger partial charge in [0.2, 0.25) is 0 Å². The highest BCUT2D eigenvalue weighted by atomic mass is 19.4. The molecule has 116 valence electrons. The number of carbonyl (C=O) groups is 1. The van der Waals surface area contributed by atoms with Crippen LogP contribution in [0.3, 0.4) is 0 Å². The molecule has 0 radical (unpaired) electrons. The Morgan fingerprint density at radius 3 is 2.55 bits per heavy atom. The number of halogens is 3. The van der Waals surface area contributed by atoms with Gasteiger partial charge in [0.15, 0.2) is 5.78 Å². The average Bonchev–Trinajstić information content (AvgIpc) is 2.82. The number of ether oxygens (including phenoxy) is 1. The normalized spacial score (nSPS) is 18.2. The molecule has 1 atom stereocenters. The van der Waals surface area contributed by atoms with E-state index in [-0.39, 0.29) is 17.5 Å². The number of hydrogen-bond donors (Lipinski definition) is 0. The van der Waals surface area contributed by atoms with Crippen LogP contribution >= 0.6 is 0 Å². The Kier molecular flexibility index (Phi) is 3.42. The van der Waals surface area contributed by atoms with Crippen LogP contribution in [0.15, 0.2) is 30.5 Å². The molecular formula is C15H13F3N2O2. The van der Waals surface area contributed by atoms with Crippen molar-refractivity contribution in [2.45, 2.75) is 26.1 Å². The molecule has 0 N–H and O–H groups in total. The molecule has 0 bridgehead atoms. The summed E-state index contributed by atoms with van der Waals surface area (Å²) in [7, 11) is 0. The van der Waals surface area contributed by atoms with Crippen molar-refractivity contribution in [3.63, 3.8) is 0 Å². The molecule has 0 spiro atoms. The zero-order valence-corrected chi connectivity index (χ0v) is 11.7. The molecule has 1 aromatic heterocycles. The highest BCUT2D eigenvalue weighted by Crippen LogP contribution is 2.28. The van der Waals surface area contributed by atoms with Crippen LogP contribution in [0, 0.1) is 5.92 Å². The van der Waals surface area contributed by atoms with Gasteiger partial charge in [-0.1, -0.05) is 6.92 Å². The minimum Gasteiger partial charge on any atom is -0.406 e. The number of alkyl halides is 3. The second kappa shape index (κ2) is 5.15. The Morgan fingerprint density at radius 1 is 1.23 bits per heavy atom. The molecule has 0 aliphatic heterocycles. The number of carbonyl (C=O) groups excluding carboxylic acids is 1. The van der Waals surface area contributed by atoms with Gasteiger partial charge in [0, 0.05) is 6.42 Å². The van der Waals surface area contributed by atoms with Crippen LogP contribution < -0.4 is 4.74 Å². The van der Waals surface area contributed by atoms with E-state index in [0.717, 1.165) is 5.69 Å². The average molecular weight is 310 g/mol. The van der Waals surface area contributed by atoms with E-state index < -0.39 is 6.36 Å². The van der Waals surface area contributed by atoms with Gasteiger partial charge in [0.25, 0.3) is 0 Å². The van der Waals surface area contributed by atoms with Crippen LogP contribution in [-0.4, -0.2) is 21.9 Å². The summed E-state index contributed by atoms with van der Waals surface area (Å²) in [4.78, 5) is 12.0. The number of aromatic nitrogens is 2. The Bertz CT molecular complexity index is 705. The molecule has 1 heterocycles. The van der Waals surface area contributed by atoms with Crippen molar-refractivity contribution in [2.75, 3.05) is 0 Å². The minimum absolute atomic E-state index is 0.0528. The molecule has 22 heavy (non-hydrogen) atoms. The van der Waals surface area contributed by atoms with Gasteiger partial charge in [-0.15, -0.1) is 13.2 Å². The van der Waals surface area contributed by atoms with Crippen LogP contribution in [0.4, 0.5) is 13.2 Å². The van der Waals surface area contributed by atoms with Crippen LogP contribution in [0.2, 0.25) is 0 Å². The first-order valence-corrected chi connectivity index (χ1v) is 6.80. The second-order valence-corrected chi connectivity index (χ2v) is 5.40. The SMILES string of the molecule is C[C@@H]1CC(=O)c2cnn(-c3ccc(OC(F)(F)F)cc3)c2C1. The van der Waals surface area contributed by atoms with Crippen LogP contribution in [0.1, 0.15) is 29.4 Å². The number of rotatable bonds is 2. The Labute approximate surface area is 124 Å². The zero-order valence-electron chi connectivity index (χ0n) is 11.7. The zero-order chi connectivity index (χ0) is 15.9. The van der Waals surface area contributed by atoms with E-state index in [9.17, 15) is 18.0 Å². The van der Waals surface area contributed by atoms with Gasteiger partial charge >= 0.3 is 6.36 Å². The molecule has 4 nitrogen and oxygen atoms in total. The lowest BCUT2D eigenvalue weighted by molar-refractivity contribution is -0.274. The molecule has 1 aliphatic carbocycles. The lowest BCUT2D eigenvalue weighted by atomic mass is 9.88. The molecule has 1 aliphatic rings. The van der Waals surface area contributed by atoms with E-state index in [1.54, 1.807) is 4.68 Å². The maximum atomic E-state index is 12.1. The van der Waals surface area contributed by atoms with E-state index in [0.29, 0.717) is 24.1 Å². The topological polar surface area (TPSA) is 44.1 Å². The molecule has 0 fully saturated rings. The van der Waals surface area contributed by atoms with Gasteiger partial charge in [-0.3, -0.25) is 4.79 Å². The summed E-state index contributed by atoms with van der Waals surface area (Å²) < 4.78 is 41.9. The lowest BCUT2D eigenvalue weighted by Crippen LogP contribution is -2.19. The Balaban J connectivity index is 1.91. The molecule has 1 aromatic carbocycles. The van der Waals surface area contributed by atoms with Gasteiger partial charge < -0.3 is 4.74 Å². The summed E-state index contributed by atoms with van der Waals surface area (Å²) >= 11 is 0. The van der Waals surface area contributed by atoms with Crippen molar-refractivity contribution in [3.8, 4) is 11.4 Å². The summed E-state index contributed by atoms with van der Waals surface area (Å²) in [6, 6.07) is 5.42. The smallest absolute Gasteiger partial charge is 0.406 e. The van der Waals surface area contributed by atoms with E-state index >= 15 is 0 Å². The van der Waals surface area contributed by atoms with Crippen LogP contribution in [0.5, 0.6) is 5.75 Å². The van der Waals surface area contributed by atoms with Crippen molar-refractivity contribution in [3.05, 3.63) is 41.7 Å². The Hall–Kier alpha value is -2.31. The fourth-order valence-corrected chi connectivity index (χ4v) is 2.64. The summed E-state index contributed by atoms with van der Waals surface area (Å²) in [5.74, 6) is -0.0120. The number of nitrogens with zero attached hydrogens (tertiary/aromatic N) is 2. The van der Waals surface area contributed by atoms with Crippen molar-refractivity contribution >= 4 is 5.78 Å². The summed E-state index contributed by atoms with van der Waals surface area (Å²) in [5.41, 5.74) is 1.99. The molecule has 0 saturated heterocycles. The van der Waals surface area contributed by atoms with Gasteiger partial charge in [-0.05, 0) is 36.6 Å².